The van der Waals surface area contributed by atoms with E-state index in [1.807, 2.05) is 6.92 Å². The molecule has 0 fully saturated rings. The monoisotopic (exact) mass is 240 g/mol. The van der Waals surface area contributed by atoms with Crippen LogP contribution in [0.15, 0.2) is 11.6 Å². The van der Waals surface area contributed by atoms with Crippen molar-refractivity contribution in [3.63, 3.8) is 0 Å². The summed E-state index contributed by atoms with van der Waals surface area (Å²) in [7, 11) is 0. The molecule has 2 nitrogen and oxygen atoms in total. The minimum Gasteiger partial charge on any atom is -0.463 e. The van der Waals surface area contributed by atoms with Gasteiger partial charge in [-0.25, -0.2) is 4.79 Å². The molecule has 0 heterocycles. The molecule has 0 unspecified atom stereocenters. The van der Waals surface area contributed by atoms with E-state index in [-0.39, 0.29) is 5.97 Å². The van der Waals surface area contributed by atoms with Crippen LogP contribution in [0.3, 0.4) is 0 Å². The molecule has 0 N–H and O–H groups in total. The number of hydrogen-bond acceptors (Lipinski definition) is 2. The van der Waals surface area contributed by atoms with E-state index >= 15 is 0 Å². The van der Waals surface area contributed by atoms with E-state index in [4.69, 9.17) is 4.74 Å². The summed E-state index contributed by atoms with van der Waals surface area (Å²) in [5.41, 5.74) is 1.22. The summed E-state index contributed by atoms with van der Waals surface area (Å²) in [6.45, 7) is 6.63. The molecular weight excluding hydrogens is 212 g/mol. The first-order valence-corrected chi connectivity index (χ1v) is 7.10. The zero-order valence-corrected chi connectivity index (χ0v) is 11.8. The molecule has 0 aromatic carbocycles. The number of esters is 1. The Bertz CT molecular complexity index is 219. The Balaban J connectivity index is 3.70. The quantitative estimate of drug-likeness (QED) is 0.316. The molecule has 0 atom stereocenters. The SMILES string of the molecule is CCCCCCCC/C(=C/C(=O)OCC)CC. The van der Waals surface area contributed by atoms with Gasteiger partial charge in [-0.2, -0.15) is 0 Å². The molecule has 0 rings (SSSR count). The van der Waals surface area contributed by atoms with Crippen LogP contribution in [0.2, 0.25) is 0 Å². The average Bonchev–Trinajstić information content (AvgIpc) is 2.32. The number of hydrogen-bond donors (Lipinski definition) is 0. The largest absolute Gasteiger partial charge is 0.463 e. The molecule has 0 saturated heterocycles. The molecule has 17 heavy (non-hydrogen) atoms. The van der Waals surface area contributed by atoms with E-state index in [9.17, 15) is 4.79 Å². The van der Waals surface area contributed by atoms with Crippen LogP contribution >= 0.6 is 0 Å². The lowest BCUT2D eigenvalue weighted by Crippen LogP contribution is -2.01. The van der Waals surface area contributed by atoms with Crippen molar-refractivity contribution in [2.45, 2.75) is 72.1 Å². The van der Waals surface area contributed by atoms with Gasteiger partial charge < -0.3 is 4.74 Å². The number of carbonyl (C=O) groups excluding carboxylic acids is 1. The van der Waals surface area contributed by atoms with Crippen LogP contribution in [-0.2, 0) is 9.53 Å². The molecule has 0 radical (unpaired) electrons. The first-order chi connectivity index (χ1) is 8.24. The molecule has 0 aliphatic carbocycles. The molecule has 0 bridgehead atoms. The van der Waals surface area contributed by atoms with Gasteiger partial charge in [0.1, 0.15) is 0 Å². The van der Waals surface area contributed by atoms with Crippen LogP contribution in [0.1, 0.15) is 72.1 Å². The van der Waals surface area contributed by atoms with E-state index in [2.05, 4.69) is 13.8 Å². The number of allylic oxidation sites excluding steroid dienone is 1. The van der Waals surface area contributed by atoms with Gasteiger partial charge in [0.05, 0.1) is 6.61 Å². The van der Waals surface area contributed by atoms with Gasteiger partial charge in [0, 0.05) is 6.08 Å². The Labute approximate surface area is 106 Å². The summed E-state index contributed by atoms with van der Waals surface area (Å²) >= 11 is 0. The predicted octanol–water partition coefficient (Wildman–Crippen LogP) is 4.64. The fraction of sp³-hybridized carbons (Fsp3) is 0.800. The highest BCUT2D eigenvalue weighted by Gasteiger charge is 2.01. The van der Waals surface area contributed by atoms with Crippen LogP contribution < -0.4 is 0 Å². The van der Waals surface area contributed by atoms with Crippen molar-refractivity contribution in [3.05, 3.63) is 11.6 Å². The molecular formula is C15H28O2. The lowest BCUT2D eigenvalue weighted by atomic mass is 10.0. The predicted molar refractivity (Wildman–Crippen MR) is 73.0 cm³/mol. The topological polar surface area (TPSA) is 26.3 Å². The van der Waals surface area contributed by atoms with Crippen molar-refractivity contribution in [2.24, 2.45) is 0 Å². The molecule has 0 aliphatic heterocycles. The standard InChI is InChI=1S/C15H28O2/c1-4-7-8-9-10-11-12-14(5-2)13-15(16)17-6-3/h13H,4-12H2,1-3H3/b14-13+. The average molecular weight is 240 g/mol. The number of carbonyl (C=O) groups is 1. The number of ether oxygens (including phenoxy) is 1. The second kappa shape index (κ2) is 11.7. The first kappa shape index (κ1) is 16.2. The first-order valence-electron chi connectivity index (χ1n) is 7.10. The highest BCUT2D eigenvalue weighted by Crippen LogP contribution is 2.14. The van der Waals surface area contributed by atoms with Crippen molar-refractivity contribution in [1.29, 1.82) is 0 Å². The van der Waals surface area contributed by atoms with Gasteiger partial charge in [0.25, 0.3) is 0 Å². The van der Waals surface area contributed by atoms with E-state index in [1.54, 1.807) is 6.08 Å². The second-order valence-electron chi connectivity index (χ2n) is 4.43. The zero-order chi connectivity index (χ0) is 12.9. The third-order valence-corrected chi connectivity index (χ3v) is 2.91. The maximum atomic E-state index is 11.3. The summed E-state index contributed by atoms with van der Waals surface area (Å²) in [6.07, 6.45) is 11.5. The molecule has 0 aromatic heterocycles. The molecule has 0 spiro atoms. The summed E-state index contributed by atoms with van der Waals surface area (Å²) in [4.78, 5) is 11.3. The lowest BCUT2D eigenvalue weighted by molar-refractivity contribution is -0.137. The van der Waals surface area contributed by atoms with Crippen molar-refractivity contribution >= 4 is 5.97 Å². The molecule has 2 heteroatoms. The zero-order valence-electron chi connectivity index (χ0n) is 11.8. The Hall–Kier alpha value is -0.790. The summed E-state index contributed by atoms with van der Waals surface area (Å²) < 4.78 is 4.92. The molecule has 100 valence electrons. The van der Waals surface area contributed by atoms with Gasteiger partial charge in [0.2, 0.25) is 0 Å². The Morgan fingerprint density at radius 3 is 2.24 bits per heavy atom. The minimum atomic E-state index is -0.185. The molecule has 0 aliphatic rings. The Morgan fingerprint density at radius 2 is 1.65 bits per heavy atom. The number of unbranched alkanes of at least 4 members (excludes halogenated alkanes) is 5. The lowest BCUT2D eigenvalue weighted by Gasteiger charge is -2.05. The van der Waals surface area contributed by atoms with Gasteiger partial charge in [-0.1, -0.05) is 51.5 Å². The molecule has 0 aromatic rings. The Morgan fingerprint density at radius 1 is 1.00 bits per heavy atom. The summed E-state index contributed by atoms with van der Waals surface area (Å²) in [6, 6.07) is 0. The van der Waals surface area contributed by atoms with Gasteiger partial charge in [0.15, 0.2) is 0 Å². The number of rotatable bonds is 10. The maximum Gasteiger partial charge on any atom is 0.330 e. The van der Waals surface area contributed by atoms with Gasteiger partial charge >= 0.3 is 5.97 Å². The summed E-state index contributed by atoms with van der Waals surface area (Å²) in [5.74, 6) is -0.185. The van der Waals surface area contributed by atoms with Crippen molar-refractivity contribution in [1.82, 2.24) is 0 Å². The van der Waals surface area contributed by atoms with E-state index < -0.39 is 0 Å². The smallest absolute Gasteiger partial charge is 0.330 e. The van der Waals surface area contributed by atoms with Gasteiger partial charge in [-0.3, -0.25) is 0 Å². The van der Waals surface area contributed by atoms with Crippen molar-refractivity contribution < 1.29 is 9.53 Å². The van der Waals surface area contributed by atoms with Crippen LogP contribution in [0.4, 0.5) is 0 Å². The van der Waals surface area contributed by atoms with Crippen LogP contribution in [0, 0.1) is 0 Å². The Kier molecular flexibility index (Phi) is 11.1. The minimum absolute atomic E-state index is 0.185. The van der Waals surface area contributed by atoms with Crippen LogP contribution in [-0.4, -0.2) is 12.6 Å². The maximum absolute atomic E-state index is 11.3. The van der Waals surface area contributed by atoms with Crippen molar-refractivity contribution in [3.8, 4) is 0 Å². The highest BCUT2D eigenvalue weighted by atomic mass is 16.5. The third-order valence-electron chi connectivity index (χ3n) is 2.91. The van der Waals surface area contributed by atoms with E-state index in [0.29, 0.717) is 6.61 Å². The third kappa shape index (κ3) is 10.1. The normalized spacial score (nSPS) is 11.6. The van der Waals surface area contributed by atoms with Gasteiger partial charge in [-0.15, -0.1) is 0 Å². The van der Waals surface area contributed by atoms with Crippen LogP contribution in [0.5, 0.6) is 0 Å². The van der Waals surface area contributed by atoms with Gasteiger partial charge in [-0.05, 0) is 26.2 Å². The molecule has 0 amide bonds. The highest BCUT2D eigenvalue weighted by molar-refractivity contribution is 5.82. The second-order valence-corrected chi connectivity index (χ2v) is 4.43. The van der Waals surface area contributed by atoms with E-state index in [0.717, 1.165) is 12.8 Å². The summed E-state index contributed by atoms with van der Waals surface area (Å²) in [5, 5.41) is 0. The van der Waals surface area contributed by atoms with Crippen molar-refractivity contribution in [2.75, 3.05) is 6.61 Å². The fourth-order valence-electron chi connectivity index (χ4n) is 1.83. The molecule has 0 saturated carbocycles. The van der Waals surface area contributed by atoms with Crippen LogP contribution in [0.25, 0.3) is 0 Å². The fourth-order valence-corrected chi connectivity index (χ4v) is 1.83. The van der Waals surface area contributed by atoms with E-state index in [1.165, 1.54) is 44.1 Å².